The molecule has 2 N–H and O–H groups in total. The maximum Gasteiger partial charge on any atom is 0.270 e. The van der Waals surface area contributed by atoms with E-state index in [-0.39, 0.29) is 11.4 Å². The number of carbonyl (C=O) groups is 1. The number of hydrogen-bond acceptors (Lipinski definition) is 3. The third-order valence-corrected chi connectivity index (χ3v) is 3.29. The molecule has 0 atom stereocenters. The SMILES string of the molecule is CC(C)(C)NC(=O)c1cc(NCc2ccccc2Cl)ccn1. The third-order valence-electron chi connectivity index (χ3n) is 2.92. The van der Waals surface area contributed by atoms with Gasteiger partial charge in [0.1, 0.15) is 5.69 Å². The Hall–Kier alpha value is -2.07. The standard InChI is InChI=1S/C17H20ClN3O/c1-17(2,3)21-16(22)15-10-13(8-9-19-15)20-11-12-6-4-5-7-14(12)18/h4-10H,11H2,1-3H3,(H,19,20)(H,21,22). The first-order chi connectivity index (χ1) is 10.3. The largest absolute Gasteiger partial charge is 0.381 e. The Balaban J connectivity index is 2.06. The van der Waals surface area contributed by atoms with Crippen LogP contribution in [0.3, 0.4) is 0 Å². The van der Waals surface area contributed by atoms with E-state index >= 15 is 0 Å². The van der Waals surface area contributed by atoms with Crippen molar-refractivity contribution in [3.8, 4) is 0 Å². The lowest BCUT2D eigenvalue weighted by Crippen LogP contribution is -2.40. The van der Waals surface area contributed by atoms with Gasteiger partial charge in [-0.1, -0.05) is 29.8 Å². The zero-order chi connectivity index (χ0) is 16.2. The van der Waals surface area contributed by atoms with E-state index in [4.69, 9.17) is 11.6 Å². The van der Waals surface area contributed by atoms with Crippen LogP contribution < -0.4 is 10.6 Å². The number of pyridine rings is 1. The van der Waals surface area contributed by atoms with Crippen LogP contribution in [0.2, 0.25) is 5.02 Å². The average molecular weight is 318 g/mol. The first kappa shape index (κ1) is 16.3. The molecule has 0 fully saturated rings. The van der Waals surface area contributed by atoms with E-state index in [1.165, 1.54) is 0 Å². The lowest BCUT2D eigenvalue weighted by molar-refractivity contribution is 0.0914. The average Bonchev–Trinajstić information content (AvgIpc) is 2.45. The summed E-state index contributed by atoms with van der Waals surface area (Å²) in [6.45, 7) is 6.39. The lowest BCUT2D eigenvalue weighted by atomic mass is 10.1. The van der Waals surface area contributed by atoms with E-state index in [1.54, 1.807) is 12.3 Å². The molecule has 0 saturated carbocycles. The monoisotopic (exact) mass is 317 g/mol. The van der Waals surface area contributed by atoms with Crippen LogP contribution in [0.15, 0.2) is 42.6 Å². The molecule has 0 saturated heterocycles. The van der Waals surface area contributed by atoms with Crippen molar-refractivity contribution in [1.82, 2.24) is 10.3 Å². The van der Waals surface area contributed by atoms with Gasteiger partial charge < -0.3 is 10.6 Å². The Bertz CT molecular complexity index is 665. The van der Waals surface area contributed by atoms with E-state index in [1.807, 2.05) is 51.1 Å². The van der Waals surface area contributed by atoms with Gasteiger partial charge in [0.25, 0.3) is 5.91 Å². The van der Waals surface area contributed by atoms with Crippen molar-refractivity contribution in [1.29, 1.82) is 0 Å². The first-order valence-corrected chi connectivity index (χ1v) is 7.49. The number of halogens is 1. The van der Waals surface area contributed by atoms with Gasteiger partial charge in [-0.25, -0.2) is 0 Å². The minimum absolute atomic E-state index is 0.186. The van der Waals surface area contributed by atoms with Gasteiger partial charge in [-0.15, -0.1) is 0 Å². The number of nitrogens with zero attached hydrogens (tertiary/aromatic N) is 1. The molecule has 0 spiro atoms. The second-order valence-corrected chi connectivity index (χ2v) is 6.49. The summed E-state index contributed by atoms with van der Waals surface area (Å²) in [5.41, 5.74) is 1.93. The molecular formula is C17H20ClN3O. The maximum atomic E-state index is 12.1. The Morgan fingerprint density at radius 1 is 1.23 bits per heavy atom. The summed E-state index contributed by atoms with van der Waals surface area (Å²) in [6.07, 6.45) is 1.62. The van der Waals surface area contributed by atoms with E-state index in [2.05, 4.69) is 15.6 Å². The molecule has 0 aliphatic heterocycles. The van der Waals surface area contributed by atoms with Gasteiger partial charge in [-0.05, 0) is 44.5 Å². The van der Waals surface area contributed by atoms with Crippen molar-refractivity contribution in [3.63, 3.8) is 0 Å². The van der Waals surface area contributed by atoms with E-state index in [0.29, 0.717) is 12.2 Å². The van der Waals surface area contributed by atoms with Crippen LogP contribution in [-0.4, -0.2) is 16.4 Å². The number of aromatic nitrogens is 1. The van der Waals surface area contributed by atoms with Crippen molar-refractivity contribution in [3.05, 3.63) is 58.9 Å². The highest BCUT2D eigenvalue weighted by Gasteiger charge is 2.16. The smallest absolute Gasteiger partial charge is 0.270 e. The molecule has 22 heavy (non-hydrogen) atoms. The number of amides is 1. The molecule has 2 rings (SSSR count). The van der Waals surface area contributed by atoms with Gasteiger partial charge in [0.2, 0.25) is 0 Å². The van der Waals surface area contributed by atoms with Crippen molar-refractivity contribution in [2.45, 2.75) is 32.9 Å². The van der Waals surface area contributed by atoms with Crippen molar-refractivity contribution in [2.75, 3.05) is 5.32 Å². The fourth-order valence-electron chi connectivity index (χ4n) is 1.91. The summed E-state index contributed by atoms with van der Waals surface area (Å²) in [6, 6.07) is 11.2. The number of nitrogens with one attached hydrogen (secondary N) is 2. The minimum Gasteiger partial charge on any atom is -0.381 e. The molecule has 0 bridgehead atoms. The molecule has 2 aromatic rings. The van der Waals surface area contributed by atoms with E-state index in [0.717, 1.165) is 16.3 Å². The quantitative estimate of drug-likeness (QED) is 0.900. The van der Waals surface area contributed by atoms with Gasteiger partial charge in [-0.2, -0.15) is 0 Å². The van der Waals surface area contributed by atoms with Crippen LogP contribution in [0.25, 0.3) is 0 Å². The molecule has 1 heterocycles. The molecule has 0 radical (unpaired) electrons. The van der Waals surface area contributed by atoms with Gasteiger partial charge in [-0.3, -0.25) is 9.78 Å². The molecule has 1 amide bonds. The van der Waals surface area contributed by atoms with E-state index in [9.17, 15) is 4.79 Å². The predicted octanol–water partition coefficient (Wildman–Crippen LogP) is 3.88. The number of anilines is 1. The highest BCUT2D eigenvalue weighted by Crippen LogP contribution is 2.17. The summed E-state index contributed by atoms with van der Waals surface area (Å²) in [4.78, 5) is 16.2. The zero-order valence-electron chi connectivity index (χ0n) is 13.0. The zero-order valence-corrected chi connectivity index (χ0v) is 13.7. The topological polar surface area (TPSA) is 54.0 Å². The first-order valence-electron chi connectivity index (χ1n) is 7.11. The maximum absolute atomic E-state index is 12.1. The van der Waals surface area contributed by atoms with Crippen LogP contribution in [0.4, 0.5) is 5.69 Å². The fraction of sp³-hybridized carbons (Fsp3) is 0.294. The van der Waals surface area contributed by atoms with Gasteiger partial charge in [0.15, 0.2) is 0 Å². The summed E-state index contributed by atoms with van der Waals surface area (Å²) < 4.78 is 0. The van der Waals surface area contributed by atoms with Crippen molar-refractivity contribution >= 4 is 23.2 Å². The summed E-state index contributed by atoms with van der Waals surface area (Å²) >= 11 is 6.13. The Kier molecular flexibility index (Phi) is 5.03. The van der Waals surface area contributed by atoms with Crippen LogP contribution in [-0.2, 0) is 6.54 Å². The number of benzene rings is 1. The van der Waals surface area contributed by atoms with Crippen LogP contribution in [0.1, 0.15) is 36.8 Å². The molecular weight excluding hydrogens is 298 g/mol. The molecule has 116 valence electrons. The molecule has 1 aromatic heterocycles. The van der Waals surface area contributed by atoms with Crippen LogP contribution in [0, 0.1) is 0 Å². The Morgan fingerprint density at radius 3 is 2.64 bits per heavy atom. The molecule has 4 nitrogen and oxygen atoms in total. The van der Waals surface area contributed by atoms with E-state index < -0.39 is 0 Å². The summed E-state index contributed by atoms with van der Waals surface area (Å²) in [7, 11) is 0. The number of hydrogen-bond donors (Lipinski definition) is 2. The summed E-state index contributed by atoms with van der Waals surface area (Å²) in [5.74, 6) is -0.186. The second-order valence-electron chi connectivity index (χ2n) is 6.08. The Morgan fingerprint density at radius 2 is 1.95 bits per heavy atom. The molecule has 1 aromatic carbocycles. The normalized spacial score (nSPS) is 11.1. The lowest BCUT2D eigenvalue weighted by Gasteiger charge is -2.20. The van der Waals surface area contributed by atoms with Crippen molar-refractivity contribution in [2.24, 2.45) is 0 Å². The number of rotatable bonds is 4. The van der Waals surface area contributed by atoms with Crippen LogP contribution >= 0.6 is 11.6 Å². The van der Waals surface area contributed by atoms with Gasteiger partial charge in [0.05, 0.1) is 0 Å². The minimum atomic E-state index is -0.292. The van der Waals surface area contributed by atoms with Gasteiger partial charge >= 0.3 is 0 Å². The highest BCUT2D eigenvalue weighted by molar-refractivity contribution is 6.31. The Labute approximate surface area is 135 Å². The third kappa shape index (κ3) is 4.74. The van der Waals surface area contributed by atoms with Gasteiger partial charge in [0, 0.05) is 29.0 Å². The molecule has 0 aliphatic carbocycles. The fourth-order valence-corrected chi connectivity index (χ4v) is 2.11. The second kappa shape index (κ2) is 6.79. The molecule has 0 unspecified atom stereocenters. The highest BCUT2D eigenvalue weighted by atomic mass is 35.5. The summed E-state index contributed by atoms with van der Waals surface area (Å²) in [5, 5.41) is 6.87. The van der Waals surface area contributed by atoms with Crippen molar-refractivity contribution < 1.29 is 4.79 Å². The number of carbonyl (C=O) groups excluding carboxylic acids is 1. The predicted molar refractivity (Wildman–Crippen MR) is 90.2 cm³/mol. The molecule has 5 heteroatoms. The van der Waals surface area contributed by atoms with Crippen LogP contribution in [0.5, 0.6) is 0 Å². The molecule has 0 aliphatic rings.